The molecular weight excluding hydrogens is 362 g/mol. The Labute approximate surface area is 161 Å². The number of fused-ring (bicyclic) bond motifs is 1. The van der Waals surface area contributed by atoms with Gasteiger partial charge in [0.05, 0.1) is 18.2 Å². The minimum atomic E-state index is -0.410. The smallest absolute Gasteiger partial charge is 0.343 e. The zero-order chi connectivity index (χ0) is 19.0. The second-order valence-electron chi connectivity index (χ2n) is 6.29. The van der Waals surface area contributed by atoms with Crippen molar-refractivity contribution in [3.05, 3.63) is 82.0 Å². The van der Waals surface area contributed by atoms with E-state index in [2.05, 4.69) is 4.98 Å². The number of hydrogen-bond acceptors (Lipinski definition) is 4. The number of ether oxygens (including phenoxy) is 2. The second-order valence-corrected chi connectivity index (χ2v) is 6.65. The van der Waals surface area contributed by atoms with Crippen molar-refractivity contribution in [2.75, 3.05) is 7.11 Å². The van der Waals surface area contributed by atoms with Crippen LogP contribution in [0.4, 0.5) is 0 Å². The molecule has 0 radical (unpaired) electrons. The maximum atomic E-state index is 12.3. The van der Waals surface area contributed by atoms with E-state index in [-0.39, 0.29) is 0 Å². The van der Waals surface area contributed by atoms with Gasteiger partial charge in [-0.1, -0.05) is 41.4 Å². The fourth-order valence-electron chi connectivity index (χ4n) is 2.89. The van der Waals surface area contributed by atoms with Gasteiger partial charge in [0.1, 0.15) is 16.7 Å². The number of aryl methyl sites for hydroxylation is 1. The quantitative estimate of drug-likeness (QED) is 0.358. The van der Waals surface area contributed by atoms with Crippen molar-refractivity contribution in [3.63, 3.8) is 0 Å². The Kier molecular flexibility index (Phi) is 4.42. The van der Waals surface area contributed by atoms with Gasteiger partial charge in [-0.2, -0.15) is 0 Å². The van der Waals surface area contributed by atoms with Gasteiger partial charge < -0.3 is 9.47 Å². The molecule has 1 aliphatic heterocycles. The Bertz CT molecular complexity index is 1110. The standard InChI is InChI=1S/C22H16ClNO3/c1-13-3-5-14(6-4-13)20-12-17(22(25)27-20)10-16-9-15-11-18(26-2)7-8-19(15)24-21(16)23/h3-12H,1-2H3/b17-10-. The predicted octanol–water partition coefficient (Wildman–Crippen LogP) is 5.19. The van der Waals surface area contributed by atoms with Crippen LogP contribution in [-0.2, 0) is 9.53 Å². The number of pyridine rings is 1. The number of methoxy groups -OCH3 is 1. The van der Waals surface area contributed by atoms with Crippen LogP contribution in [0.3, 0.4) is 0 Å². The summed E-state index contributed by atoms with van der Waals surface area (Å²) in [5, 5.41) is 1.20. The number of carbonyl (C=O) groups excluding carboxylic acids is 1. The molecule has 134 valence electrons. The molecule has 2 heterocycles. The lowest BCUT2D eigenvalue weighted by Gasteiger charge is -2.05. The summed E-state index contributed by atoms with van der Waals surface area (Å²) >= 11 is 6.31. The third-order valence-corrected chi connectivity index (χ3v) is 4.68. The van der Waals surface area contributed by atoms with Crippen LogP contribution in [0.15, 0.2) is 60.2 Å². The number of aromatic nitrogens is 1. The molecular formula is C22H16ClNO3. The summed E-state index contributed by atoms with van der Waals surface area (Å²) in [4.78, 5) is 16.7. The molecule has 4 rings (SSSR count). The minimum Gasteiger partial charge on any atom is -0.497 e. The summed E-state index contributed by atoms with van der Waals surface area (Å²) in [6.07, 6.45) is 3.41. The molecule has 0 spiro atoms. The van der Waals surface area contributed by atoms with E-state index in [4.69, 9.17) is 21.1 Å². The van der Waals surface area contributed by atoms with E-state index >= 15 is 0 Å². The monoisotopic (exact) mass is 377 g/mol. The predicted molar refractivity (Wildman–Crippen MR) is 107 cm³/mol. The molecule has 5 heteroatoms. The van der Waals surface area contributed by atoms with E-state index in [1.165, 1.54) is 0 Å². The first-order valence-corrected chi connectivity index (χ1v) is 8.78. The molecule has 27 heavy (non-hydrogen) atoms. The molecule has 1 aliphatic rings. The molecule has 0 unspecified atom stereocenters. The summed E-state index contributed by atoms with van der Waals surface area (Å²) in [6, 6.07) is 15.2. The number of nitrogens with zero attached hydrogens (tertiary/aromatic N) is 1. The third-order valence-electron chi connectivity index (χ3n) is 4.37. The van der Waals surface area contributed by atoms with Crippen LogP contribution in [0.2, 0.25) is 5.15 Å². The highest BCUT2D eigenvalue weighted by molar-refractivity contribution is 6.31. The number of hydrogen-bond donors (Lipinski definition) is 0. The zero-order valence-corrected chi connectivity index (χ0v) is 15.6. The van der Waals surface area contributed by atoms with Gasteiger partial charge in [0.2, 0.25) is 0 Å². The average molecular weight is 378 g/mol. The van der Waals surface area contributed by atoms with Crippen LogP contribution in [0.5, 0.6) is 5.75 Å². The first kappa shape index (κ1) is 17.3. The number of esters is 1. The molecule has 0 atom stereocenters. The fraction of sp³-hybridized carbons (Fsp3) is 0.0909. The van der Waals surface area contributed by atoms with Crippen LogP contribution in [-0.4, -0.2) is 18.1 Å². The Hall–Kier alpha value is -3.11. The zero-order valence-electron chi connectivity index (χ0n) is 14.8. The lowest BCUT2D eigenvalue weighted by Crippen LogP contribution is -1.97. The van der Waals surface area contributed by atoms with E-state index in [9.17, 15) is 4.79 Å². The number of cyclic esters (lactones) is 1. The van der Waals surface area contributed by atoms with E-state index < -0.39 is 5.97 Å². The van der Waals surface area contributed by atoms with Gasteiger partial charge >= 0.3 is 5.97 Å². The number of benzene rings is 2. The summed E-state index contributed by atoms with van der Waals surface area (Å²) in [5.74, 6) is 0.845. The molecule has 2 aromatic carbocycles. The summed E-state index contributed by atoms with van der Waals surface area (Å²) in [6.45, 7) is 2.01. The number of rotatable bonds is 3. The van der Waals surface area contributed by atoms with E-state index in [0.717, 1.165) is 27.8 Å². The maximum Gasteiger partial charge on any atom is 0.343 e. The van der Waals surface area contributed by atoms with Gasteiger partial charge in [-0.05, 0) is 43.3 Å². The van der Waals surface area contributed by atoms with Gasteiger partial charge in [-0.3, -0.25) is 0 Å². The Morgan fingerprint density at radius 1 is 1.11 bits per heavy atom. The molecule has 0 bridgehead atoms. The van der Waals surface area contributed by atoms with E-state index in [1.807, 2.05) is 55.5 Å². The van der Waals surface area contributed by atoms with Crippen LogP contribution in [0.1, 0.15) is 16.7 Å². The maximum absolute atomic E-state index is 12.3. The second kappa shape index (κ2) is 6.89. The highest BCUT2D eigenvalue weighted by Crippen LogP contribution is 2.30. The van der Waals surface area contributed by atoms with Gasteiger partial charge in [-0.25, -0.2) is 9.78 Å². The first-order chi connectivity index (χ1) is 13.0. The van der Waals surface area contributed by atoms with Crippen molar-refractivity contribution >= 4 is 40.3 Å². The molecule has 0 N–H and O–H groups in total. The average Bonchev–Trinajstić information content (AvgIpc) is 3.03. The van der Waals surface area contributed by atoms with Gasteiger partial charge in [0, 0.05) is 16.5 Å². The van der Waals surface area contributed by atoms with Gasteiger partial charge in [-0.15, -0.1) is 0 Å². The van der Waals surface area contributed by atoms with Gasteiger partial charge in [0.15, 0.2) is 0 Å². The van der Waals surface area contributed by atoms with Gasteiger partial charge in [0.25, 0.3) is 0 Å². The topological polar surface area (TPSA) is 48.4 Å². The minimum absolute atomic E-state index is 0.324. The van der Waals surface area contributed by atoms with E-state index in [0.29, 0.717) is 22.0 Å². The van der Waals surface area contributed by atoms with Crippen LogP contribution in [0, 0.1) is 6.92 Å². The van der Waals surface area contributed by atoms with Crippen molar-refractivity contribution < 1.29 is 14.3 Å². The molecule has 0 amide bonds. The number of carbonyl (C=O) groups is 1. The van der Waals surface area contributed by atoms with Crippen LogP contribution in [0.25, 0.3) is 22.7 Å². The first-order valence-electron chi connectivity index (χ1n) is 8.40. The molecule has 0 aliphatic carbocycles. The highest BCUT2D eigenvalue weighted by Gasteiger charge is 2.22. The fourth-order valence-corrected chi connectivity index (χ4v) is 3.09. The Morgan fingerprint density at radius 3 is 2.63 bits per heavy atom. The van der Waals surface area contributed by atoms with Crippen molar-refractivity contribution in [2.24, 2.45) is 0 Å². The molecule has 1 aromatic heterocycles. The molecule has 0 saturated heterocycles. The van der Waals surface area contributed by atoms with Crippen molar-refractivity contribution in [1.29, 1.82) is 0 Å². The highest BCUT2D eigenvalue weighted by atomic mass is 35.5. The van der Waals surface area contributed by atoms with Crippen molar-refractivity contribution in [2.45, 2.75) is 6.92 Å². The lowest BCUT2D eigenvalue weighted by atomic mass is 10.1. The van der Waals surface area contributed by atoms with Crippen LogP contribution < -0.4 is 4.74 Å². The molecule has 0 saturated carbocycles. The van der Waals surface area contributed by atoms with Crippen molar-refractivity contribution in [1.82, 2.24) is 4.98 Å². The summed E-state index contributed by atoms with van der Waals surface area (Å²) in [7, 11) is 1.61. The van der Waals surface area contributed by atoms with Crippen molar-refractivity contribution in [3.8, 4) is 5.75 Å². The van der Waals surface area contributed by atoms with E-state index in [1.54, 1.807) is 19.3 Å². The SMILES string of the molecule is COc1ccc2nc(Cl)c(/C=C3/C=C(c4ccc(C)cc4)OC3=O)cc2c1. The Morgan fingerprint density at radius 2 is 1.89 bits per heavy atom. The molecule has 3 aromatic rings. The summed E-state index contributed by atoms with van der Waals surface area (Å²) in [5.41, 5.74) is 3.82. The van der Waals surface area contributed by atoms with Crippen LogP contribution >= 0.6 is 11.6 Å². The molecule has 0 fully saturated rings. The largest absolute Gasteiger partial charge is 0.497 e. The normalized spacial score (nSPS) is 15.1. The third kappa shape index (κ3) is 3.44. The Balaban J connectivity index is 1.74. The summed E-state index contributed by atoms with van der Waals surface area (Å²) < 4.78 is 10.7. The number of halogens is 1. The molecule has 4 nitrogen and oxygen atoms in total. The lowest BCUT2D eigenvalue weighted by molar-refractivity contribution is -0.130.